The SMILES string of the molecule is Cc1cccc(Oc2nc3c(C)cccn3c(=O)c2C=C(C#N)C(=O)N2CCCCC2)c1. The predicted octanol–water partition coefficient (Wildman–Crippen LogP) is 4.02. The molecule has 162 valence electrons. The second-order valence-electron chi connectivity index (χ2n) is 7.96. The van der Waals surface area contributed by atoms with E-state index in [9.17, 15) is 14.9 Å². The summed E-state index contributed by atoms with van der Waals surface area (Å²) in [7, 11) is 0. The number of rotatable bonds is 4. The minimum atomic E-state index is -0.402. The lowest BCUT2D eigenvalue weighted by molar-refractivity contribution is -0.127. The van der Waals surface area contributed by atoms with Crippen LogP contribution in [-0.2, 0) is 4.79 Å². The van der Waals surface area contributed by atoms with Gasteiger partial charge in [-0.15, -0.1) is 0 Å². The number of fused-ring (bicyclic) bond motifs is 1. The average molecular weight is 428 g/mol. The number of benzene rings is 1. The third kappa shape index (κ3) is 4.26. The number of amides is 1. The highest BCUT2D eigenvalue weighted by Gasteiger charge is 2.23. The van der Waals surface area contributed by atoms with Crippen LogP contribution in [0.2, 0.25) is 0 Å². The molecule has 1 aromatic carbocycles. The van der Waals surface area contributed by atoms with Gasteiger partial charge in [0.2, 0.25) is 5.88 Å². The number of aromatic nitrogens is 2. The number of likely N-dealkylation sites (tertiary alicyclic amines) is 1. The summed E-state index contributed by atoms with van der Waals surface area (Å²) in [6.45, 7) is 5.01. The van der Waals surface area contributed by atoms with Gasteiger partial charge in [-0.3, -0.25) is 14.0 Å². The number of hydrogen-bond acceptors (Lipinski definition) is 5. The Bertz CT molecular complexity index is 1310. The summed E-state index contributed by atoms with van der Waals surface area (Å²) < 4.78 is 7.41. The first-order chi connectivity index (χ1) is 15.5. The van der Waals surface area contributed by atoms with Gasteiger partial charge in [-0.05, 0) is 68.5 Å². The highest BCUT2D eigenvalue weighted by Crippen LogP contribution is 2.26. The van der Waals surface area contributed by atoms with E-state index < -0.39 is 5.56 Å². The van der Waals surface area contributed by atoms with Crippen molar-refractivity contribution in [2.24, 2.45) is 0 Å². The van der Waals surface area contributed by atoms with Crippen LogP contribution in [0.4, 0.5) is 0 Å². The number of aryl methyl sites for hydroxylation is 2. The van der Waals surface area contributed by atoms with Gasteiger partial charge in [-0.2, -0.15) is 10.2 Å². The van der Waals surface area contributed by atoms with Crippen molar-refractivity contribution in [3.8, 4) is 17.7 Å². The van der Waals surface area contributed by atoms with Crippen molar-refractivity contribution in [3.63, 3.8) is 0 Å². The largest absolute Gasteiger partial charge is 0.438 e. The third-order valence-corrected chi connectivity index (χ3v) is 5.54. The molecule has 0 bridgehead atoms. The van der Waals surface area contributed by atoms with Gasteiger partial charge in [0.05, 0.1) is 0 Å². The van der Waals surface area contributed by atoms with E-state index in [-0.39, 0.29) is 22.9 Å². The molecule has 4 rings (SSSR count). The third-order valence-electron chi connectivity index (χ3n) is 5.54. The molecule has 0 N–H and O–H groups in total. The Morgan fingerprint density at radius 1 is 1.16 bits per heavy atom. The van der Waals surface area contributed by atoms with Gasteiger partial charge in [0.15, 0.2) is 0 Å². The molecule has 7 heteroatoms. The van der Waals surface area contributed by atoms with Gasteiger partial charge in [0, 0.05) is 19.3 Å². The Kier molecular flexibility index (Phi) is 6.04. The van der Waals surface area contributed by atoms with E-state index >= 15 is 0 Å². The summed E-state index contributed by atoms with van der Waals surface area (Å²) in [5.41, 5.74) is 1.81. The fourth-order valence-corrected chi connectivity index (χ4v) is 3.84. The lowest BCUT2D eigenvalue weighted by Crippen LogP contribution is -2.36. The van der Waals surface area contributed by atoms with Crippen molar-refractivity contribution in [3.05, 3.63) is 75.2 Å². The van der Waals surface area contributed by atoms with Crippen molar-refractivity contribution < 1.29 is 9.53 Å². The van der Waals surface area contributed by atoms with Crippen LogP contribution in [0.3, 0.4) is 0 Å². The zero-order valence-corrected chi connectivity index (χ0v) is 18.2. The molecule has 3 aromatic rings. The van der Waals surface area contributed by atoms with Crippen molar-refractivity contribution in [2.75, 3.05) is 13.1 Å². The molecule has 1 fully saturated rings. The van der Waals surface area contributed by atoms with E-state index in [1.54, 1.807) is 23.2 Å². The Morgan fingerprint density at radius 2 is 1.94 bits per heavy atom. The standard InChI is InChI=1S/C25H24N4O3/c1-17-8-6-10-20(14-17)32-23-21(25(31)29-13-7-9-18(2)22(29)27-23)15-19(16-26)24(30)28-11-4-3-5-12-28/h6-10,13-15H,3-5,11-12H2,1-2H3. The summed E-state index contributed by atoms with van der Waals surface area (Å²) in [5.74, 6) is 0.210. The van der Waals surface area contributed by atoms with E-state index in [0.29, 0.717) is 24.5 Å². The first kappa shape index (κ1) is 21.3. The number of ether oxygens (including phenoxy) is 1. The molecule has 1 aliphatic rings. The molecule has 7 nitrogen and oxygen atoms in total. The molecular formula is C25H24N4O3. The number of hydrogen-bond donors (Lipinski definition) is 0. The number of pyridine rings is 1. The molecule has 0 spiro atoms. The first-order valence-corrected chi connectivity index (χ1v) is 10.7. The minimum Gasteiger partial charge on any atom is -0.438 e. The smallest absolute Gasteiger partial charge is 0.269 e. The zero-order valence-electron chi connectivity index (χ0n) is 18.2. The van der Waals surface area contributed by atoms with E-state index in [4.69, 9.17) is 4.74 Å². The van der Waals surface area contributed by atoms with Gasteiger partial charge in [-0.1, -0.05) is 18.2 Å². The summed E-state index contributed by atoms with van der Waals surface area (Å²) in [5, 5.41) is 9.72. The topological polar surface area (TPSA) is 87.7 Å². The van der Waals surface area contributed by atoms with Crippen LogP contribution in [0, 0.1) is 25.2 Å². The molecule has 0 atom stereocenters. The summed E-state index contributed by atoms with van der Waals surface area (Å²) in [4.78, 5) is 32.6. The Balaban J connectivity index is 1.87. The van der Waals surface area contributed by atoms with Gasteiger partial charge < -0.3 is 9.64 Å². The second kappa shape index (κ2) is 9.06. The van der Waals surface area contributed by atoms with Crippen LogP contribution >= 0.6 is 0 Å². The molecule has 0 aliphatic carbocycles. The van der Waals surface area contributed by atoms with Crippen LogP contribution in [0.1, 0.15) is 36.0 Å². The summed E-state index contributed by atoms with van der Waals surface area (Å²) in [6, 6.07) is 13.0. The second-order valence-corrected chi connectivity index (χ2v) is 7.96. The maximum atomic E-state index is 13.4. The normalized spacial score (nSPS) is 14.3. The molecule has 0 saturated carbocycles. The van der Waals surface area contributed by atoms with Crippen LogP contribution in [0.15, 0.2) is 53.0 Å². The van der Waals surface area contributed by atoms with Crippen LogP contribution in [0.5, 0.6) is 11.6 Å². The molecule has 3 heterocycles. The highest BCUT2D eigenvalue weighted by molar-refractivity contribution is 6.02. The van der Waals surface area contributed by atoms with Gasteiger partial charge in [-0.25, -0.2) is 0 Å². The molecule has 0 unspecified atom stereocenters. The highest BCUT2D eigenvalue weighted by atomic mass is 16.5. The van der Waals surface area contributed by atoms with Crippen LogP contribution in [-0.4, -0.2) is 33.3 Å². The fraction of sp³-hybridized carbons (Fsp3) is 0.280. The van der Waals surface area contributed by atoms with E-state index in [1.807, 2.05) is 44.2 Å². The van der Waals surface area contributed by atoms with Crippen molar-refractivity contribution >= 4 is 17.6 Å². The van der Waals surface area contributed by atoms with Crippen molar-refractivity contribution in [1.29, 1.82) is 5.26 Å². The monoisotopic (exact) mass is 428 g/mol. The lowest BCUT2D eigenvalue weighted by Gasteiger charge is -2.26. The lowest BCUT2D eigenvalue weighted by atomic mass is 10.1. The number of carbonyl (C=O) groups excluding carboxylic acids is 1. The Morgan fingerprint density at radius 3 is 2.66 bits per heavy atom. The number of nitrogens with zero attached hydrogens (tertiary/aromatic N) is 4. The van der Waals surface area contributed by atoms with E-state index in [0.717, 1.165) is 30.4 Å². The van der Waals surface area contributed by atoms with Crippen LogP contribution in [0.25, 0.3) is 11.7 Å². The molecule has 1 amide bonds. The molecule has 1 saturated heterocycles. The average Bonchev–Trinajstić information content (AvgIpc) is 2.80. The molecular weight excluding hydrogens is 404 g/mol. The number of piperidine rings is 1. The maximum Gasteiger partial charge on any atom is 0.269 e. The first-order valence-electron chi connectivity index (χ1n) is 10.7. The molecule has 32 heavy (non-hydrogen) atoms. The summed E-state index contributed by atoms with van der Waals surface area (Å²) >= 11 is 0. The molecule has 1 aliphatic heterocycles. The fourth-order valence-electron chi connectivity index (χ4n) is 3.84. The number of carbonyl (C=O) groups is 1. The Hall–Kier alpha value is -3.92. The molecule has 2 aromatic heterocycles. The van der Waals surface area contributed by atoms with E-state index in [1.165, 1.54) is 10.5 Å². The van der Waals surface area contributed by atoms with E-state index in [2.05, 4.69) is 4.98 Å². The van der Waals surface area contributed by atoms with Crippen molar-refractivity contribution in [2.45, 2.75) is 33.1 Å². The predicted molar refractivity (Wildman–Crippen MR) is 121 cm³/mol. The van der Waals surface area contributed by atoms with Gasteiger partial charge in [0.1, 0.15) is 28.6 Å². The zero-order chi connectivity index (χ0) is 22.7. The molecule has 0 radical (unpaired) electrons. The number of nitriles is 1. The summed E-state index contributed by atoms with van der Waals surface area (Å²) in [6.07, 6.45) is 5.81. The Labute approximate surface area is 186 Å². The minimum absolute atomic E-state index is 0.0640. The van der Waals surface area contributed by atoms with Gasteiger partial charge in [0.25, 0.3) is 11.5 Å². The van der Waals surface area contributed by atoms with Crippen molar-refractivity contribution in [1.82, 2.24) is 14.3 Å². The quantitative estimate of drug-likeness (QED) is 0.463. The van der Waals surface area contributed by atoms with Gasteiger partial charge >= 0.3 is 0 Å². The maximum absolute atomic E-state index is 13.4. The van der Waals surface area contributed by atoms with Crippen LogP contribution < -0.4 is 10.3 Å².